The lowest BCUT2D eigenvalue weighted by Gasteiger charge is -2.29. The van der Waals surface area contributed by atoms with Crippen molar-refractivity contribution in [3.63, 3.8) is 0 Å². The Bertz CT molecular complexity index is 422. The van der Waals surface area contributed by atoms with Crippen LogP contribution in [0.1, 0.15) is 43.1 Å². The molecule has 2 rings (SSSR count). The van der Waals surface area contributed by atoms with E-state index in [0.717, 1.165) is 6.42 Å². The van der Waals surface area contributed by atoms with Gasteiger partial charge in [-0.05, 0) is 18.8 Å². The van der Waals surface area contributed by atoms with Gasteiger partial charge in [-0.25, -0.2) is 9.97 Å². The van der Waals surface area contributed by atoms with Gasteiger partial charge in [0.2, 0.25) is 5.88 Å². The number of methoxy groups -OCH3 is 1. The molecule has 1 aliphatic carbocycles. The van der Waals surface area contributed by atoms with Crippen LogP contribution in [0.15, 0.2) is 12.4 Å². The fraction of sp³-hybridized carbons (Fsp3) is 0.615. The predicted molar refractivity (Wildman–Crippen MR) is 67.5 cm³/mol. The highest BCUT2D eigenvalue weighted by molar-refractivity contribution is 5.92. The molecule has 5 heteroatoms. The van der Waals surface area contributed by atoms with E-state index >= 15 is 0 Å². The minimum atomic E-state index is -0.144. The predicted octanol–water partition coefficient (Wildman–Crippen LogP) is 1.79. The Kier molecular flexibility index (Phi) is 4.12. The van der Waals surface area contributed by atoms with Gasteiger partial charge in [0, 0.05) is 12.1 Å². The maximum absolute atomic E-state index is 12.1. The Morgan fingerprint density at radius 2 is 2.17 bits per heavy atom. The molecule has 1 heterocycles. The van der Waals surface area contributed by atoms with E-state index in [1.807, 2.05) is 0 Å². The maximum atomic E-state index is 12.1. The minimum absolute atomic E-state index is 0.144. The first-order valence-electron chi connectivity index (χ1n) is 6.37. The van der Waals surface area contributed by atoms with Crippen molar-refractivity contribution in [1.29, 1.82) is 0 Å². The van der Waals surface area contributed by atoms with Gasteiger partial charge in [0.05, 0.1) is 7.11 Å². The maximum Gasteiger partial charge on any atom is 0.270 e. The number of amides is 1. The monoisotopic (exact) mass is 249 g/mol. The highest BCUT2D eigenvalue weighted by atomic mass is 16.5. The molecule has 0 saturated heterocycles. The van der Waals surface area contributed by atoms with Gasteiger partial charge in [-0.1, -0.05) is 19.8 Å². The lowest BCUT2D eigenvalue weighted by Crippen LogP contribution is -2.41. The van der Waals surface area contributed by atoms with E-state index in [4.69, 9.17) is 4.74 Å². The second-order valence-electron chi connectivity index (χ2n) is 4.79. The number of carbonyl (C=O) groups excluding carboxylic acids is 1. The molecule has 5 nitrogen and oxygen atoms in total. The molecule has 0 unspecified atom stereocenters. The summed E-state index contributed by atoms with van der Waals surface area (Å²) in [5.41, 5.74) is 0.361. The molecule has 1 N–H and O–H groups in total. The van der Waals surface area contributed by atoms with Gasteiger partial charge < -0.3 is 10.1 Å². The van der Waals surface area contributed by atoms with Crippen LogP contribution < -0.4 is 10.1 Å². The number of hydrogen-bond donors (Lipinski definition) is 1. The fourth-order valence-corrected chi connectivity index (χ4v) is 2.35. The summed E-state index contributed by atoms with van der Waals surface area (Å²) in [6.45, 7) is 2.19. The number of aromatic nitrogens is 2. The summed E-state index contributed by atoms with van der Waals surface area (Å²) in [7, 11) is 1.52. The number of nitrogens with zero attached hydrogens (tertiary/aromatic N) is 2. The highest BCUT2D eigenvalue weighted by Crippen LogP contribution is 2.23. The minimum Gasteiger partial charge on any atom is -0.481 e. The van der Waals surface area contributed by atoms with Gasteiger partial charge in [-0.2, -0.15) is 0 Å². The number of carbonyl (C=O) groups is 1. The summed E-state index contributed by atoms with van der Waals surface area (Å²) < 4.78 is 4.99. The van der Waals surface area contributed by atoms with E-state index in [2.05, 4.69) is 22.2 Å². The number of hydrogen-bond acceptors (Lipinski definition) is 4. The first kappa shape index (κ1) is 12.8. The van der Waals surface area contributed by atoms with E-state index in [-0.39, 0.29) is 11.9 Å². The van der Waals surface area contributed by atoms with Crippen molar-refractivity contribution < 1.29 is 9.53 Å². The Morgan fingerprint density at radius 3 is 2.89 bits per heavy atom. The van der Waals surface area contributed by atoms with Crippen LogP contribution in [0.3, 0.4) is 0 Å². The van der Waals surface area contributed by atoms with Crippen LogP contribution in [-0.4, -0.2) is 29.0 Å². The second kappa shape index (κ2) is 5.80. The molecule has 1 aliphatic rings. The van der Waals surface area contributed by atoms with Gasteiger partial charge in [0.25, 0.3) is 5.91 Å². The van der Waals surface area contributed by atoms with Crippen LogP contribution in [-0.2, 0) is 0 Å². The molecule has 0 radical (unpaired) electrons. The molecule has 0 aromatic carbocycles. The van der Waals surface area contributed by atoms with Crippen LogP contribution in [0, 0.1) is 5.92 Å². The van der Waals surface area contributed by atoms with Crippen molar-refractivity contribution in [2.45, 2.75) is 38.6 Å². The van der Waals surface area contributed by atoms with Gasteiger partial charge >= 0.3 is 0 Å². The smallest absolute Gasteiger partial charge is 0.270 e. The number of rotatable bonds is 3. The molecule has 1 fully saturated rings. The van der Waals surface area contributed by atoms with Gasteiger partial charge in [0.15, 0.2) is 0 Å². The lowest BCUT2D eigenvalue weighted by molar-refractivity contribution is 0.0904. The summed E-state index contributed by atoms with van der Waals surface area (Å²) >= 11 is 0. The van der Waals surface area contributed by atoms with Crippen LogP contribution in [0.4, 0.5) is 0 Å². The third kappa shape index (κ3) is 2.97. The molecule has 98 valence electrons. The van der Waals surface area contributed by atoms with Crippen molar-refractivity contribution in [1.82, 2.24) is 15.3 Å². The molecule has 1 amide bonds. The summed E-state index contributed by atoms with van der Waals surface area (Å²) in [6, 6.07) is 1.82. The number of nitrogens with one attached hydrogen (secondary N) is 1. The second-order valence-corrected chi connectivity index (χ2v) is 4.79. The standard InChI is InChI=1S/C13H19N3O2/c1-9-5-3-4-6-10(9)16-13(17)11-7-12(18-2)15-8-14-11/h7-10H,3-6H2,1-2H3,(H,16,17)/t9-,10+/m0/s1. The molecular weight excluding hydrogens is 230 g/mol. The quantitative estimate of drug-likeness (QED) is 0.887. The first-order chi connectivity index (χ1) is 8.70. The van der Waals surface area contributed by atoms with Gasteiger partial charge in [-0.15, -0.1) is 0 Å². The molecule has 1 aromatic heterocycles. The topological polar surface area (TPSA) is 64.1 Å². The third-order valence-corrected chi connectivity index (χ3v) is 3.51. The van der Waals surface area contributed by atoms with Crippen molar-refractivity contribution in [3.05, 3.63) is 18.1 Å². The van der Waals surface area contributed by atoms with Crippen LogP contribution in [0.2, 0.25) is 0 Å². The fourth-order valence-electron chi connectivity index (χ4n) is 2.35. The summed E-state index contributed by atoms with van der Waals surface area (Å²) in [5.74, 6) is 0.799. The highest BCUT2D eigenvalue weighted by Gasteiger charge is 2.23. The van der Waals surface area contributed by atoms with Crippen molar-refractivity contribution in [2.75, 3.05) is 7.11 Å². The average molecular weight is 249 g/mol. The van der Waals surface area contributed by atoms with E-state index < -0.39 is 0 Å². The molecule has 1 aromatic rings. The summed E-state index contributed by atoms with van der Waals surface area (Å²) in [6.07, 6.45) is 6.02. The molecular formula is C13H19N3O2. The van der Waals surface area contributed by atoms with E-state index in [1.165, 1.54) is 32.7 Å². The summed E-state index contributed by atoms with van der Waals surface area (Å²) in [4.78, 5) is 19.9. The van der Waals surface area contributed by atoms with Crippen LogP contribution in [0.25, 0.3) is 0 Å². The Balaban J connectivity index is 2.02. The Hall–Kier alpha value is -1.65. The number of ether oxygens (including phenoxy) is 1. The van der Waals surface area contributed by atoms with Crippen LogP contribution >= 0.6 is 0 Å². The lowest BCUT2D eigenvalue weighted by atomic mass is 9.86. The van der Waals surface area contributed by atoms with E-state index in [0.29, 0.717) is 17.5 Å². The molecule has 1 saturated carbocycles. The molecule has 18 heavy (non-hydrogen) atoms. The summed E-state index contributed by atoms with van der Waals surface area (Å²) in [5, 5.41) is 3.05. The molecule has 0 spiro atoms. The zero-order chi connectivity index (χ0) is 13.0. The largest absolute Gasteiger partial charge is 0.481 e. The van der Waals surface area contributed by atoms with Crippen molar-refractivity contribution >= 4 is 5.91 Å². The SMILES string of the molecule is COc1cc(C(=O)N[C@@H]2CCCC[C@@H]2C)ncn1. The van der Waals surface area contributed by atoms with Crippen LogP contribution in [0.5, 0.6) is 5.88 Å². The molecule has 2 atom stereocenters. The first-order valence-corrected chi connectivity index (χ1v) is 6.37. The van der Waals surface area contributed by atoms with Crippen molar-refractivity contribution in [3.8, 4) is 5.88 Å². The zero-order valence-electron chi connectivity index (χ0n) is 10.8. The van der Waals surface area contributed by atoms with Gasteiger partial charge in [0.1, 0.15) is 12.0 Å². The van der Waals surface area contributed by atoms with E-state index in [1.54, 1.807) is 6.07 Å². The van der Waals surface area contributed by atoms with Gasteiger partial charge in [-0.3, -0.25) is 4.79 Å². The van der Waals surface area contributed by atoms with Crippen molar-refractivity contribution in [2.24, 2.45) is 5.92 Å². The zero-order valence-corrected chi connectivity index (χ0v) is 10.8. The average Bonchev–Trinajstić information content (AvgIpc) is 2.41. The molecule has 0 aliphatic heterocycles. The molecule has 0 bridgehead atoms. The third-order valence-electron chi connectivity index (χ3n) is 3.51. The normalized spacial score (nSPS) is 23.4. The Labute approximate surface area is 107 Å². The Morgan fingerprint density at radius 1 is 1.39 bits per heavy atom. The van der Waals surface area contributed by atoms with E-state index in [9.17, 15) is 4.79 Å².